The number of halogens is 1. The number of aldehydes is 1. The molecule has 0 aliphatic carbocycles. The Hall–Kier alpha value is -1.22. The zero-order chi connectivity index (χ0) is 11.4. The zero-order valence-electron chi connectivity index (χ0n) is 9.21. The Bertz CT molecular complexity index is 372. The maximum Gasteiger partial charge on any atom is 0.150 e. The van der Waals surface area contributed by atoms with Crippen LogP contribution in [0.25, 0.3) is 0 Å². The van der Waals surface area contributed by atoms with Crippen LogP contribution >= 0.6 is 0 Å². The fraction of sp³-hybridized carbons (Fsp3) is 0.462. The number of rotatable bonds is 3. The summed E-state index contributed by atoms with van der Waals surface area (Å²) < 4.78 is 14.4. The van der Waals surface area contributed by atoms with Crippen LogP contribution in [0.4, 0.5) is 4.39 Å². The highest BCUT2D eigenvalue weighted by molar-refractivity contribution is 5.77. The molecule has 1 aromatic rings. The molecule has 2 rings (SSSR count). The second-order valence-corrected chi connectivity index (χ2v) is 4.39. The minimum absolute atomic E-state index is 0.351. The van der Waals surface area contributed by atoms with E-state index in [1.54, 1.807) is 12.1 Å². The molecule has 1 aromatic carbocycles. The van der Waals surface area contributed by atoms with Crippen molar-refractivity contribution in [1.29, 1.82) is 0 Å². The summed E-state index contributed by atoms with van der Waals surface area (Å²) in [6.45, 7) is 1.44. The van der Waals surface area contributed by atoms with E-state index in [9.17, 15) is 9.18 Å². The Morgan fingerprint density at radius 1 is 1.31 bits per heavy atom. The van der Waals surface area contributed by atoms with Crippen molar-refractivity contribution in [3.63, 3.8) is 0 Å². The molecule has 16 heavy (non-hydrogen) atoms. The van der Waals surface area contributed by atoms with Crippen molar-refractivity contribution in [2.24, 2.45) is 0 Å². The standard InChI is InChI=1S/C13H16FNO/c14-13(5-7-15-8-6-13)9-11-3-1-2-4-12(11)10-16/h1-4,10,15H,5-9H2. The normalized spacial score (nSPS) is 19.3. The molecule has 0 amide bonds. The van der Waals surface area contributed by atoms with Gasteiger partial charge in [-0.3, -0.25) is 4.79 Å². The van der Waals surface area contributed by atoms with Gasteiger partial charge in [0.2, 0.25) is 0 Å². The Morgan fingerprint density at radius 3 is 2.69 bits per heavy atom. The Kier molecular flexibility index (Phi) is 3.34. The van der Waals surface area contributed by atoms with E-state index in [2.05, 4.69) is 5.32 Å². The molecular formula is C13H16FNO. The number of nitrogens with one attached hydrogen (secondary N) is 1. The van der Waals surface area contributed by atoms with Gasteiger partial charge in [0.15, 0.2) is 0 Å². The third-order valence-corrected chi connectivity index (χ3v) is 3.19. The minimum Gasteiger partial charge on any atom is -0.316 e. The fourth-order valence-electron chi connectivity index (χ4n) is 2.20. The number of carbonyl (C=O) groups is 1. The van der Waals surface area contributed by atoms with Crippen molar-refractivity contribution in [2.45, 2.75) is 24.9 Å². The molecule has 0 aromatic heterocycles. The molecule has 2 nitrogen and oxygen atoms in total. The first kappa shape index (κ1) is 11.3. The summed E-state index contributed by atoms with van der Waals surface area (Å²) in [4.78, 5) is 10.8. The topological polar surface area (TPSA) is 29.1 Å². The summed E-state index contributed by atoms with van der Waals surface area (Å²) in [6.07, 6.45) is 2.21. The van der Waals surface area contributed by atoms with Gasteiger partial charge in [-0.25, -0.2) is 4.39 Å². The van der Waals surface area contributed by atoms with E-state index < -0.39 is 5.67 Å². The lowest BCUT2D eigenvalue weighted by molar-refractivity contribution is 0.110. The van der Waals surface area contributed by atoms with Crippen molar-refractivity contribution in [2.75, 3.05) is 13.1 Å². The van der Waals surface area contributed by atoms with Gasteiger partial charge in [-0.2, -0.15) is 0 Å². The lowest BCUT2D eigenvalue weighted by Gasteiger charge is -2.30. The highest BCUT2D eigenvalue weighted by Crippen LogP contribution is 2.28. The van der Waals surface area contributed by atoms with Gasteiger partial charge in [0.05, 0.1) is 0 Å². The third-order valence-electron chi connectivity index (χ3n) is 3.19. The van der Waals surface area contributed by atoms with E-state index in [-0.39, 0.29) is 0 Å². The highest BCUT2D eigenvalue weighted by Gasteiger charge is 2.32. The zero-order valence-corrected chi connectivity index (χ0v) is 9.21. The first-order valence-corrected chi connectivity index (χ1v) is 5.66. The molecule has 86 valence electrons. The summed E-state index contributed by atoms with van der Waals surface area (Å²) in [6, 6.07) is 7.24. The fourth-order valence-corrected chi connectivity index (χ4v) is 2.20. The van der Waals surface area contributed by atoms with Crippen molar-refractivity contribution in [1.82, 2.24) is 5.32 Å². The van der Waals surface area contributed by atoms with Gasteiger partial charge >= 0.3 is 0 Å². The van der Waals surface area contributed by atoms with Crippen molar-refractivity contribution >= 4 is 6.29 Å². The number of carbonyl (C=O) groups excluding carboxylic acids is 1. The SMILES string of the molecule is O=Cc1ccccc1CC1(F)CCNCC1. The molecule has 0 atom stereocenters. The van der Waals surface area contributed by atoms with Crippen LogP contribution in [0.2, 0.25) is 0 Å². The second kappa shape index (κ2) is 4.74. The van der Waals surface area contributed by atoms with Crippen LogP contribution in [0, 0.1) is 0 Å². The first-order chi connectivity index (χ1) is 7.73. The maximum absolute atomic E-state index is 14.4. The van der Waals surface area contributed by atoms with E-state index in [4.69, 9.17) is 0 Å². The molecule has 1 fully saturated rings. The van der Waals surface area contributed by atoms with Crippen molar-refractivity contribution in [3.8, 4) is 0 Å². The summed E-state index contributed by atoms with van der Waals surface area (Å²) in [5, 5.41) is 3.14. The largest absolute Gasteiger partial charge is 0.316 e. The van der Waals surface area contributed by atoms with E-state index in [0.29, 0.717) is 24.8 Å². The van der Waals surface area contributed by atoms with Gasteiger partial charge in [-0.1, -0.05) is 24.3 Å². The molecule has 1 heterocycles. The molecule has 0 radical (unpaired) electrons. The predicted molar refractivity (Wildman–Crippen MR) is 61.5 cm³/mol. The molecule has 3 heteroatoms. The van der Waals surface area contributed by atoms with Gasteiger partial charge < -0.3 is 5.32 Å². The highest BCUT2D eigenvalue weighted by atomic mass is 19.1. The van der Waals surface area contributed by atoms with Crippen LogP contribution in [-0.4, -0.2) is 25.0 Å². The van der Waals surface area contributed by atoms with E-state index in [0.717, 1.165) is 24.9 Å². The molecule has 1 N–H and O–H groups in total. The number of hydrogen-bond acceptors (Lipinski definition) is 2. The molecule has 0 spiro atoms. The van der Waals surface area contributed by atoms with Crippen LogP contribution in [0.1, 0.15) is 28.8 Å². The first-order valence-electron chi connectivity index (χ1n) is 5.66. The molecule has 0 saturated carbocycles. The van der Waals surface area contributed by atoms with E-state index >= 15 is 0 Å². The van der Waals surface area contributed by atoms with Crippen LogP contribution in [0.15, 0.2) is 24.3 Å². The monoisotopic (exact) mass is 221 g/mol. The number of piperidine rings is 1. The molecule has 1 aliphatic heterocycles. The van der Waals surface area contributed by atoms with Crippen molar-refractivity contribution < 1.29 is 9.18 Å². The van der Waals surface area contributed by atoms with E-state index in [1.165, 1.54) is 0 Å². The number of benzene rings is 1. The van der Waals surface area contributed by atoms with E-state index in [1.807, 2.05) is 12.1 Å². The molecule has 0 bridgehead atoms. The summed E-state index contributed by atoms with van der Waals surface area (Å²) in [5.41, 5.74) is 0.282. The Morgan fingerprint density at radius 2 is 2.00 bits per heavy atom. The second-order valence-electron chi connectivity index (χ2n) is 4.39. The van der Waals surface area contributed by atoms with Crippen LogP contribution < -0.4 is 5.32 Å². The number of hydrogen-bond donors (Lipinski definition) is 1. The molecule has 1 aliphatic rings. The predicted octanol–water partition coefficient (Wildman–Crippen LogP) is 2.13. The molecule has 1 saturated heterocycles. The summed E-state index contributed by atoms with van der Waals surface area (Å²) in [5.74, 6) is 0. The smallest absolute Gasteiger partial charge is 0.150 e. The van der Waals surface area contributed by atoms with Gasteiger partial charge in [-0.05, 0) is 31.5 Å². The van der Waals surface area contributed by atoms with Crippen LogP contribution in [0.5, 0.6) is 0 Å². The summed E-state index contributed by atoms with van der Waals surface area (Å²) in [7, 11) is 0. The lowest BCUT2D eigenvalue weighted by Crippen LogP contribution is -2.40. The van der Waals surface area contributed by atoms with Crippen LogP contribution in [0.3, 0.4) is 0 Å². The third kappa shape index (κ3) is 2.47. The van der Waals surface area contributed by atoms with Crippen LogP contribution in [-0.2, 0) is 6.42 Å². The van der Waals surface area contributed by atoms with Crippen molar-refractivity contribution in [3.05, 3.63) is 35.4 Å². The van der Waals surface area contributed by atoms with Gasteiger partial charge in [0, 0.05) is 12.0 Å². The van der Waals surface area contributed by atoms with Gasteiger partial charge in [-0.15, -0.1) is 0 Å². The maximum atomic E-state index is 14.4. The minimum atomic E-state index is -1.15. The summed E-state index contributed by atoms with van der Waals surface area (Å²) >= 11 is 0. The average molecular weight is 221 g/mol. The van der Waals surface area contributed by atoms with Gasteiger partial charge in [0.1, 0.15) is 12.0 Å². The quantitative estimate of drug-likeness (QED) is 0.792. The molecular weight excluding hydrogens is 205 g/mol. The number of alkyl halides is 1. The van der Waals surface area contributed by atoms with Gasteiger partial charge in [0.25, 0.3) is 0 Å². The Labute approximate surface area is 94.9 Å². The molecule has 0 unspecified atom stereocenters. The Balaban J connectivity index is 2.15. The lowest BCUT2D eigenvalue weighted by atomic mass is 9.86. The average Bonchev–Trinajstić information content (AvgIpc) is 2.30.